The third kappa shape index (κ3) is 4.34. The summed E-state index contributed by atoms with van der Waals surface area (Å²) < 4.78 is 12.9. The third-order valence-corrected chi connectivity index (χ3v) is 3.45. The maximum absolute atomic E-state index is 12.9. The van der Waals surface area contributed by atoms with Gasteiger partial charge in [0.2, 0.25) is 0 Å². The molecule has 0 aromatic heterocycles. The molecule has 1 saturated heterocycles. The van der Waals surface area contributed by atoms with Crippen molar-refractivity contribution in [1.29, 1.82) is 0 Å². The lowest BCUT2D eigenvalue weighted by Gasteiger charge is -2.28. The lowest BCUT2D eigenvalue weighted by molar-refractivity contribution is 0.0926. The minimum absolute atomic E-state index is 0. The summed E-state index contributed by atoms with van der Waals surface area (Å²) in [5.41, 5.74) is 0.323. The van der Waals surface area contributed by atoms with E-state index in [9.17, 15) is 9.18 Å². The van der Waals surface area contributed by atoms with Crippen molar-refractivity contribution in [1.82, 2.24) is 10.6 Å². The number of halogens is 3. The zero-order chi connectivity index (χ0) is 13.1. The summed E-state index contributed by atoms with van der Waals surface area (Å²) in [4.78, 5) is 12.0. The van der Waals surface area contributed by atoms with Crippen LogP contribution in [0.2, 0.25) is 5.02 Å². The van der Waals surface area contributed by atoms with Crippen LogP contribution in [-0.4, -0.2) is 24.5 Å². The highest BCUT2D eigenvalue weighted by Gasteiger charge is 2.21. The summed E-state index contributed by atoms with van der Waals surface area (Å²) in [6.45, 7) is 2.98. The van der Waals surface area contributed by atoms with Crippen LogP contribution in [0.15, 0.2) is 18.2 Å². The summed E-state index contributed by atoms with van der Waals surface area (Å²) in [5.74, 6) is -0.675. The van der Waals surface area contributed by atoms with E-state index in [0.29, 0.717) is 11.6 Å². The van der Waals surface area contributed by atoms with Crippen molar-refractivity contribution in [3.05, 3.63) is 34.6 Å². The summed E-state index contributed by atoms with van der Waals surface area (Å²) >= 11 is 5.86. The fraction of sp³-hybridized carbons (Fsp3) is 0.462. The monoisotopic (exact) mass is 306 g/mol. The summed E-state index contributed by atoms with van der Waals surface area (Å²) in [7, 11) is 0. The Hall–Kier alpha value is -0.840. The molecule has 2 N–H and O–H groups in total. The molecule has 0 aliphatic carbocycles. The van der Waals surface area contributed by atoms with Crippen LogP contribution in [0.4, 0.5) is 4.39 Å². The maximum atomic E-state index is 12.9. The molecule has 0 saturated carbocycles. The van der Waals surface area contributed by atoms with Gasteiger partial charge in [-0.05, 0) is 44.5 Å². The van der Waals surface area contributed by atoms with Crippen molar-refractivity contribution in [2.75, 3.05) is 6.54 Å². The largest absolute Gasteiger partial charge is 0.349 e. The molecule has 0 spiro atoms. The van der Waals surface area contributed by atoms with Crippen molar-refractivity contribution < 1.29 is 9.18 Å². The SMILES string of the molecule is CC1CC(NC(=O)c2ccc(F)cc2Cl)CCN1.Cl. The van der Waals surface area contributed by atoms with Gasteiger partial charge >= 0.3 is 0 Å². The first-order valence-corrected chi connectivity index (χ1v) is 6.43. The van der Waals surface area contributed by atoms with Gasteiger partial charge in [0.1, 0.15) is 5.82 Å². The molecule has 0 bridgehead atoms. The van der Waals surface area contributed by atoms with Crippen LogP contribution >= 0.6 is 24.0 Å². The van der Waals surface area contributed by atoms with Crippen molar-refractivity contribution in [2.24, 2.45) is 0 Å². The van der Waals surface area contributed by atoms with Gasteiger partial charge in [-0.2, -0.15) is 0 Å². The Bertz CT molecular complexity index is 456. The predicted octanol–water partition coefficient (Wildman–Crippen LogP) is 2.77. The van der Waals surface area contributed by atoms with E-state index >= 15 is 0 Å². The highest BCUT2D eigenvalue weighted by Crippen LogP contribution is 2.18. The molecule has 0 radical (unpaired) electrons. The van der Waals surface area contributed by atoms with E-state index in [1.165, 1.54) is 12.1 Å². The van der Waals surface area contributed by atoms with Crippen LogP contribution in [0.1, 0.15) is 30.1 Å². The molecule has 1 fully saturated rings. The van der Waals surface area contributed by atoms with Gasteiger partial charge in [0, 0.05) is 12.1 Å². The summed E-state index contributed by atoms with van der Waals surface area (Å²) in [5, 5.41) is 6.40. The van der Waals surface area contributed by atoms with Crippen LogP contribution in [-0.2, 0) is 0 Å². The average molecular weight is 307 g/mol. The minimum Gasteiger partial charge on any atom is -0.349 e. The lowest BCUT2D eigenvalue weighted by Crippen LogP contribution is -2.46. The molecular weight excluding hydrogens is 290 g/mol. The van der Waals surface area contributed by atoms with E-state index in [-0.39, 0.29) is 29.4 Å². The van der Waals surface area contributed by atoms with Crippen LogP contribution < -0.4 is 10.6 Å². The number of carbonyl (C=O) groups excluding carboxylic acids is 1. The van der Waals surface area contributed by atoms with Gasteiger partial charge in [-0.3, -0.25) is 4.79 Å². The number of piperidine rings is 1. The zero-order valence-electron chi connectivity index (χ0n) is 10.6. The molecule has 2 rings (SSSR count). The average Bonchev–Trinajstić information content (AvgIpc) is 2.28. The highest BCUT2D eigenvalue weighted by atomic mass is 35.5. The second kappa shape index (κ2) is 7.08. The van der Waals surface area contributed by atoms with Crippen LogP contribution in [0, 0.1) is 5.82 Å². The first-order valence-electron chi connectivity index (χ1n) is 6.05. The molecule has 2 unspecified atom stereocenters. The van der Waals surface area contributed by atoms with Crippen LogP contribution in [0.25, 0.3) is 0 Å². The van der Waals surface area contributed by atoms with Gasteiger partial charge in [-0.15, -0.1) is 12.4 Å². The molecule has 1 amide bonds. The standard InChI is InChI=1S/C13H16ClFN2O.ClH/c1-8-6-10(4-5-16-8)17-13(18)11-3-2-9(15)7-12(11)14;/h2-3,7-8,10,16H,4-6H2,1H3,(H,17,18);1H. The smallest absolute Gasteiger partial charge is 0.253 e. The number of carbonyl (C=O) groups is 1. The summed E-state index contributed by atoms with van der Waals surface area (Å²) in [6.07, 6.45) is 1.79. The van der Waals surface area contributed by atoms with Gasteiger partial charge in [0.05, 0.1) is 10.6 Å². The Labute approximate surface area is 123 Å². The number of nitrogens with one attached hydrogen (secondary N) is 2. The Morgan fingerprint density at radius 3 is 2.89 bits per heavy atom. The third-order valence-electron chi connectivity index (χ3n) is 3.13. The normalized spacial score (nSPS) is 22.5. The van der Waals surface area contributed by atoms with E-state index in [0.717, 1.165) is 25.5 Å². The molecule has 1 aromatic carbocycles. The zero-order valence-corrected chi connectivity index (χ0v) is 12.2. The van der Waals surface area contributed by atoms with Crippen LogP contribution in [0.5, 0.6) is 0 Å². The Kier molecular flexibility index (Phi) is 6.04. The Morgan fingerprint density at radius 2 is 2.26 bits per heavy atom. The van der Waals surface area contributed by atoms with Gasteiger partial charge < -0.3 is 10.6 Å². The molecule has 1 aliphatic rings. The Morgan fingerprint density at radius 1 is 1.53 bits per heavy atom. The molecule has 1 aromatic rings. The number of hydrogen-bond acceptors (Lipinski definition) is 2. The van der Waals surface area contributed by atoms with Gasteiger partial charge in [-0.25, -0.2) is 4.39 Å². The van der Waals surface area contributed by atoms with Gasteiger partial charge in [0.25, 0.3) is 5.91 Å². The Balaban J connectivity index is 0.00000180. The molecule has 3 nitrogen and oxygen atoms in total. The maximum Gasteiger partial charge on any atom is 0.253 e. The van der Waals surface area contributed by atoms with Crippen molar-refractivity contribution in [2.45, 2.75) is 31.8 Å². The molecule has 19 heavy (non-hydrogen) atoms. The number of amides is 1. The summed E-state index contributed by atoms with van der Waals surface area (Å²) in [6, 6.07) is 4.35. The molecular formula is C13H17Cl2FN2O. The fourth-order valence-electron chi connectivity index (χ4n) is 2.20. The first-order chi connectivity index (χ1) is 8.56. The minimum atomic E-state index is -0.438. The van der Waals surface area contributed by atoms with Crippen LogP contribution in [0.3, 0.4) is 0 Å². The predicted molar refractivity (Wildman–Crippen MR) is 76.6 cm³/mol. The molecule has 1 aliphatic heterocycles. The van der Waals surface area contributed by atoms with Crippen molar-refractivity contribution in [3.63, 3.8) is 0 Å². The van der Waals surface area contributed by atoms with Crippen molar-refractivity contribution >= 4 is 29.9 Å². The van der Waals surface area contributed by atoms with E-state index in [1.54, 1.807) is 0 Å². The molecule has 106 valence electrons. The first kappa shape index (κ1) is 16.2. The number of benzene rings is 1. The van der Waals surface area contributed by atoms with E-state index in [4.69, 9.17) is 11.6 Å². The number of hydrogen-bond donors (Lipinski definition) is 2. The van der Waals surface area contributed by atoms with Crippen molar-refractivity contribution in [3.8, 4) is 0 Å². The van der Waals surface area contributed by atoms with E-state index in [1.807, 2.05) is 0 Å². The topological polar surface area (TPSA) is 41.1 Å². The van der Waals surface area contributed by atoms with Gasteiger partial charge in [0.15, 0.2) is 0 Å². The van der Waals surface area contributed by atoms with E-state index in [2.05, 4.69) is 17.6 Å². The second-order valence-electron chi connectivity index (χ2n) is 4.67. The molecule has 1 heterocycles. The van der Waals surface area contributed by atoms with E-state index < -0.39 is 5.82 Å². The quantitative estimate of drug-likeness (QED) is 0.882. The lowest BCUT2D eigenvalue weighted by atomic mass is 10.0. The molecule has 6 heteroatoms. The second-order valence-corrected chi connectivity index (χ2v) is 5.08. The fourth-order valence-corrected chi connectivity index (χ4v) is 2.45. The highest BCUT2D eigenvalue weighted by molar-refractivity contribution is 6.33. The number of rotatable bonds is 2. The molecule has 2 atom stereocenters. The van der Waals surface area contributed by atoms with Gasteiger partial charge in [-0.1, -0.05) is 11.6 Å².